The first-order chi connectivity index (χ1) is 9.09. The van der Waals surface area contributed by atoms with Crippen LogP contribution in [0.5, 0.6) is 0 Å². The molecule has 1 aliphatic carbocycles. The van der Waals surface area contributed by atoms with Crippen molar-refractivity contribution in [3.63, 3.8) is 0 Å². The summed E-state index contributed by atoms with van der Waals surface area (Å²) in [7, 11) is 2.32. The molecule has 1 saturated carbocycles. The molecule has 100 valence electrons. The number of Topliss-reactive ketones (excluding diaryl/α,β-unsaturated/α-hetero) is 2. The molecule has 1 heterocycles. The molecule has 0 aromatic carbocycles. The first kappa shape index (κ1) is 14.1. The highest BCUT2D eigenvalue weighted by Gasteiger charge is 2.43. The minimum absolute atomic E-state index is 0.0289. The van der Waals surface area contributed by atoms with Crippen LogP contribution in [0.25, 0.3) is 0 Å². The molecule has 0 saturated heterocycles. The molecule has 0 radical (unpaired) electrons. The van der Waals surface area contributed by atoms with Crippen LogP contribution in [-0.2, 0) is 14.4 Å². The molecule has 2 rings (SSSR count). The average molecular weight is 297 g/mol. The quantitative estimate of drug-likeness (QED) is 0.670. The van der Waals surface area contributed by atoms with Crippen LogP contribution in [0.15, 0.2) is 29.4 Å². The maximum atomic E-state index is 11.8. The zero-order chi connectivity index (χ0) is 13.8. The van der Waals surface area contributed by atoms with Gasteiger partial charge in [0.25, 0.3) is 0 Å². The molecule has 1 N–H and O–H groups in total. The fourth-order valence-electron chi connectivity index (χ4n) is 1.77. The van der Waals surface area contributed by atoms with Crippen molar-refractivity contribution in [2.75, 3.05) is 0 Å². The normalized spacial score (nSPS) is 23.4. The third kappa shape index (κ3) is 3.36. The van der Waals surface area contributed by atoms with E-state index in [9.17, 15) is 14.4 Å². The smallest absolute Gasteiger partial charge is 0.315 e. The molecule has 5 nitrogen and oxygen atoms in total. The third-order valence-corrected chi connectivity index (χ3v) is 5.40. The van der Waals surface area contributed by atoms with Gasteiger partial charge in [0.05, 0.1) is 5.25 Å². The summed E-state index contributed by atoms with van der Waals surface area (Å²) in [5.41, 5.74) is 0. The summed E-state index contributed by atoms with van der Waals surface area (Å²) < 4.78 is 0. The molecule has 2 atom stereocenters. The highest BCUT2D eigenvalue weighted by Crippen LogP contribution is 2.39. The van der Waals surface area contributed by atoms with Crippen LogP contribution in [-0.4, -0.2) is 32.9 Å². The minimum atomic E-state index is -1.23. The average Bonchev–Trinajstić information content (AvgIpc) is 2.40. The predicted octanol–water partition coefficient (Wildman–Crippen LogP) is 1.82. The number of ketones is 2. The van der Waals surface area contributed by atoms with Crippen molar-refractivity contribution in [1.82, 2.24) is 4.98 Å². The van der Waals surface area contributed by atoms with E-state index >= 15 is 0 Å². The minimum Gasteiger partial charge on any atom is -0.481 e. The molecule has 1 fully saturated rings. The van der Waals surface area contributed by atoms with Gasteiger partial charge in [-0.3, -0.25) is 14.4 Å². The van der Waals surface area contributed by atoms with Crippen LogP contribution in [0.3, 0.4) is 0 Å². The zero-order valence-electron chi connectivity index (χ0n) is 9.81. The van der Waals surface area contributed by atoms with Gasteiger partial charge in [-0.2, -0.15) is 0 Å². The topological polar surface area (TPSA) is 84.3 Å². The molecule has 1 aromatic rings. The van der Waals surface area contributed by atoms with Crippen molar-refractivity contribution in [2.45, 2.75) is 23.1 Å². The Hall–Kier alpha value is -1.34. The second kappa shape index (κ2) is 6.21. The van der Waals surface area contributed by atoms with Gasteiger partial charge in [0.15, 0.2) is 0 Å². The van der Waals surface area contributed by atoms with Crippen LogP contribution in [0, 0.1) is 5.92 Å². The van der Waals surface area contributed by atoms with E-state index in [0.29, 0.717) is 5.03 Å². The second-order valence-electron chi connectivity index (χ2n) is 4.02. The highest BCUT2D eigenvalue weighted by atomic mass is 33.1. The standard InChI is InChI=1S/C12H11NO4S2/c14-7-4-5-8(15)11(10(7)12(16)17)19-18-9-3-1-2-6-13-9/h1-3,6,10-11H,4-5H2,(H,16,17). The Labute approximate surface area is 117 Å². The van der Waals surface area contributed by atoms with Gasteiger partial charge in [0.1, 0.15) is 22.5 Å². The number of carbonyl (C=O) groups is 3. The number of aromatic nitrogens is 1. The van der Waals surface area contributed by atoms with Crippen LogP contribution in [0.4, 0.5) is 0 Å². The predicted molar refractivity (Wildman–Crippen MR) is 71.8 cm³/mol. The summed E-state index contributed by atoms with van der Waals surface area (Å²) in [6, 6.07) is 5.34. The molecule has 0 amide bonds. The SMILES string of the molecule is O=C1CCC(=O)C(C(=O)O)C1SSc1ccccn1. The molecule has 19 heavy (non-hydrogen) atoms. The van der Waals surface area contributed by atoms with Gasteiger partial charge in [-0.25, -0.2) is 4.98 Å². The Balaban J connectivity index is 2.09. The molecule has 0 aliphatic heterocycles. The van der Waals surface area contributed by atoms with Crippen molar-refractivity contribution in [3.8, 4) is 0 Å². The van der Waals surface area contributed by atoms with Crippen LogP contribution < -0.4 is 0 Å². The number of nitrogens with zero attached hydrogens (tertiary/aromatic N) is 1. The van der Waals surface area contributed by atoms with Gasteiger partial charge in [-0.1, -0.05) is 16.9 Å². The third-order valence-electron chi connectivity index (χ3n) is 2.73. The summed E-state index contributed by atoms with van der Waals surface area (Å²) >= 11 is 0. The Bertz CT molecular complexity index is 506. The summed E-state index contributed by atoms with van der Waals surface area (Å²) in [4.78, 5) is 38.6. The van der Waals surface area contributed by atoms with Crippen LogP contribution in [0.1, 0.15) is 12.8 Å². The molecule has 1 aliphatic rings. The van der Waals surface area contributed by atoms with E-state index < -0.39 is 17.1 Å². The summed E-state index contributed by atoms with van der Waals surface area (Å²) in [5, 5.41) is 8.94. The fourth-order valence-corrected chi connectivity index (χ4v) is 4.38. The maximum absolute atomic E-state index is 11.8. The number of carbonyl (C=O) groups excluding carboxylic acids is 2. The zero-order valence-corrected chi connectivity index (χ0v) is 11.4. The number of hydrogen-bond acceptors (Lipinski definition) is 6. The van der Waals surface area contributed by atoms with E-state index in [4.69, 9.17) is 5.11 Å². The van der Waals surface area contributed by atoms with Crippen molar-refractivity contribution in [3.05, 3.63) is 24.4 Å². The number of pyridine rings is 1. The lowest BCUT2D eigenvalue weighted by Gasteiger charge is -2.24. The Morgan fingerprint density at radius 1 is 1.26 bits per heavy atom. The van der Waals surface area contributed by atoms with Gasteiger partial charge in [-0.15, -0.1) is 0 Å². The number of hydrogen-bond donors (Lipinski definition) is 1. The van der Waals surface area contributed by atoms with Crippen molar-refractivity contribution < 1.29 is 19.5 Å². The van der Waals surface area contributed by atoms with E-state index in [-0.39, 0.29) is 24.4 Å². The summed E-state index contributed by atoms with van der Waals surface area (Å²) in [5.74, 6) is -3.01. The molecule has 2 unspecified atom stereocenters. The number of carboxylic acids is 1. The lowest BCUT2D eigenvalue weighted by atomic mass is 9.86. The van der Waals surface area contributed by atoms with E-state index in [0.717, 1.165) is 10.8 Å². The number of rotatable bonds is 4. The van der Waals surface area contributed by atoms with E-state index in [1.807, 2.05) is 0 Å². The molecule has 0 bridgehead atoms. The molecule has 1 aromatic heterocycles. The molecular weight excluding hydrogens is 286 g/mol. The van der Waals surface area contributed by atoms with Crippen molar-refractivity contribution in [2.24, 2.45) is 5.92 Å². The lowest BCUT2D eigenvalue weighted by molar-refractivity contribution is -0.149. The Morgan fingerprint density at radius 3 is 2.63 bits per heavy atom. The number of carboxylic acid groups (broad SMARTS) is 1. The van der Waals surface area contributed by atoms with Crippen LogP contribution in [0.2, 0.25) is 0 Å². The van der Waals surface area contributed by atoms with E-state index in [2.05, 4.69) is 4.98 Å². The van der Waals surface area contributed by atoms with Crippen molar-refractivity contribution in [1.29, 1.82) is 0 Å². The monoisotopic (exact) mass is 297 g/mol. The van der Waals surface area contributed by atoms with E-state index in [1.165, 1.54) is 10.8 Å². The van der Waals surface area contributed by atoms with Gasteiger partial charge < -0.3 is 5.11 Å². The largest absolute Gasteiger partial charge is 0.481 e. The first-order valence-corrected chi connectivity index (χ1v) is 7.83. The first-order valence-electron chi connectivity index (χ1n) is 5.62. The van der Waals surface area contributed by atoms with E-state index in [1.54, 1.807) is 24.4 Å². The molecule has 0 spiro atoms. The lowest BCUT2D eigenvalue weighted by Crippen LogP contribution is -2.42. The van der Waals surface area contributed by atoms with Crippen molar-refractivity contribution >= 4 is 39.1 Å². The summed E-state index contributed by atoms with van der Waals surface area (Å²) in [6.45, 7) is 0. The molecular formula is C12H11NO4S2. The van der Waals surface area contributed by atoms with Crippen LogP contribution >= 0.6 is 21.6 Å². The maximum Gasteiger partial charge on any atom is 0.315 e. The highest BCUT2D eigenvalue weighted by molar-refractivity contribution is 8.77. The fraction of sp³-hybridized carbons (Fsp3) is 0.333. The van der Waals surface area contributed by atoms with Gasteiger partial charge in [0.2, 0.25) is 0 Å². The summed E-state index contributed by atoms with van der Waals surface area (Å²) in [6.07, 6.45) is 1.77. The number of aliphatic carboxylic acids is 1. The Morgan fingerprint density at radius 2 is 2.00 bits per heavy atom. The van der Waals surface area contributed by atoms with Gasteiger partial charge in [-0.05, 0) is 22.9 Å². The second-order valence-corrected chi connectivity index (χ2v) is 6.38. The van der Waals surface area contributed by atoms with Gasteiger partial charge in [0, 0.05) is 19.0 Å². The Kier molecular flexibility index (Phi) is 4.60. The van der Waals surface area contributed by atoms with Gasteiger partial charge >= 0.3 is 5.97 Å². The molecule has 7 heteroatoms.